The monoisotopic (exact) mass is 259 g/mol. The quantitative estimate of drug-likeness (QED) is 0.883. The van der Waals surface area contributed by atoms with Gasteiger partial charge in [-0.15, -0.1) is 0 Å². The summed E-state index contributed by atoms with van der Waals surface area (Å²) in [6.45, 7) is 4.20. The van der Waals surface area contributed by atoms with Gasteiger partial charge in [-0.2, -0.15) is 0 Å². The zero-order valence-corrected chi connectivity index (χ0v) is 10.4. The molecule has 0 aliphatic heterocycles. The highest BCUT2D eigenvalue weighted by Gasteiger charge is 2.30. The topological polar surface area (TPSA) is 59.4 Å². The average Bonchev–Trinajstić information content (AvgIpc) is 2.26. The summed E-state index contributed by atoms with van der Waals surface area (Å²) in [5, 5.41) is 8.75. The van der Waals surface area contributed by atoms with Crippen LogP contribution in [0, 0.1) is 12.3 Å². The number of carboxylic acids is 1. The molecule has 0 saturated carbocycles. The minimum absolute atomic E-state index is 0.0352. The molecule has 0 radical (unpaired) electrons. The van der Waals surface area contributed by atoms with Crippen LogP contribution in [0.4, 0.5) is 8.78 Å². The van der Waals surface area contributed by atoms with Gasteiger partial charge >= 0.3 is 5.97 Å². The van der Waals surface area contributed by atoms with Crippen LogP contribution < -0.4 is 4.74 Å². The maximum Gasteiger partial charge on any atom is 0.337 e. The zero-order chi connectivity index (χ0) is 13.9. The van der Waals surface area contributed by atoms with Crippen LogP contribution in [-0.4, -0.2) is 29.1 Å². The SMILES string of the molecule is Cc1cc(C(=O)O)cnc1OCC(C)(C)C(F)F. The summed E-state index contributed by atoms with van der Waals surface area (Å²) in [6, 6.07) is 1.39. The summed E-state index contributed by atoms with van der Waals surface area (Å²) in [5.74, 6) is -0.918. The van der Waals surface area contributed by atoms with E-state index in [1.807, 2.05) is 0 Å². The van der Waals surface area contributed by atoms with Crippen molar-refractivity contribution < 1.29 is 23.4 Å². The summed E-state index contributed by atoms with van der Waals surface area (Å²) in [5.41, 5.74) is -0.743. The minimum Gasteiger partial charge on any atom is -0.478 e. The predicted molar refractivity (Wildman–Crippen MR) is 61.2 cm³/mol. The third kappa shape index (κ3) is 3.38. The number of carboxylic acid groups (broad SMARTS) is 1. The lowest BCUT2D eigenvalue weighted by Crippen LogP contribution is -2.29. The van der Waals surface area contributed by atoms with Crippen LogP contribution in [0.1, 0.15) is 29.8 Å². The number of aromatic carboxylic acids is 1. The molecule has 0 aromatic carbocycles. The smallest absolute Gasteiger partial charge is 0.337 e. The second-order valence-corrected chi connectivity index (χ2v) is 4.73. The van der Waals surface area contributed by atoms with Crippen LogP contribution in [0.15, 0.2) is 12.3 Å². The molecule has 1 heterocycles. The van der Waals surface area contributed by atoms with Crippen molar-refractivity contribution in [2.45, 2.75) is 27.2 Å². The van der Waals surface area contributed by atoms with Gasteiger partial charge in [0.1, 0.15) is 6.61 Å². The third-order valence-electron chi connectivity index (χ3n) is 2.45. The van der Waals surface area contributed by atoms with Gasteiger partial charge in [-0.1, -0.05) is 13.8 Å². The summed E-state index contributed by atoms with van der Waals surface area (Å²) in [6.07, 6.45) is -1.36. The molecule has 0 spiro atoms. The molecule has 1 rings (SSSR count). The Kier molecular flexibility index (Phi) is 4.21. The Morgan fingerprint density at radius 1 is 1.56 bits per heavy atom. The number of carbonyl (C=O) groups is 1. The van der Waals surface area contributed by atoms with Gasteiger partial charge in [-0.25, -0.2) is 18.6 Å². The van der Waals surface area contributed by atoms with E-state index in [-0.39, 0.29) is 18.1 Å². The molecule has 100 valence electrons. The first-order valence-corrected chi connectivity index (χ1v) is 5.35. The van der Waals surface area contributed by atoms with Crippen molar-refractivity contribution in [2.24, 2.45) is 5.41 Å². The molecule has 18 heavy (non-hydrogen) atoms. The number of hydrogen-bond acceptors (Lipinski definition) is 3. The molecule has 6 heteroatoms. The lowest BCUT2D eigenvalue weighted by Gasteiger charge is -2.23. The average molecular weight is 259 g/mol. The van der Waals surface area contributed by atoms with Crippen LogP contribution in [-0.2, 0) is 0 Å². The number of pyridine rings is 1. The maximum absolute atomic E-state index is 12.6. The standard InChI is InChI=1S/C12H15F2NO3/c1-7-4-8(10(16)17)5-15-9(7)18-6-12(2,3)11(13)14/h4-5,11H,6H2,1-3H3,(H,16,17). The Hall–Kier alpha value is -1.72. The number of ether oxygens (including phenoxy) is 1. The summed E-state index contributed by atoms with van der Waals surface area (Å²) < 4.78 is 30.4. The van der Waals surface area contributed by atoms with Crippen molar-refractivity contribution in [1.29, 1.82) is 0 Å². The molecule has 0 fully saturated rings. The number of alkyl halides is 2. The molecule has 0 amide bonds. The number of aryl methyl sites for hydroxylation is 1. The van der Waals surface area contributed by atoms with Gasteiger partial charge in [0.15, 0.2) is 0 Å². The van der Waals surface area contributed by atoms with Crippen molar-refractivity contribution >= 4 is 5.97 Å². The molecule has 4 nitrogen and oxygen atoms in total. The van der Waals surface area contributed by atoms with Gasteiger partial charge in [0.2, 0.25) is 12.3 Å². The molecule has 0 saturated heterocycles. The summed E-state index contributed by atoms with van der Waals surface area (Å²) in [4.78, 5) is 14.5. The van der Waals surface area contributed by atoms with Gasteiger partial charge < -0.3 is 9.84 Å². The van der Waals surface area contributed by atoms with E-state index in [1.165, 1.54) is 19.9 Å². The molecule has 0 atom stereocenters. The van der Waals surface area contributed by atoms with Gasteiger partial charge in [-0.3, -0.25) is 0 Å². The lowest BCUT2D eigenvalue weighted by atomic mass is 9.96. The van der Waals surface area contributed by atoms with Crippen LogP contribution in [0.25, 0.3) is 0 Å². The van der Waals surface area contributed by atoms with E-state index in [4.69, 9.17) is 9.84 Å². The van der Waals surface area contributed by atoms with Crippen LogP contribution in [0.2, 0.25) is 0 Å². The zero-order valence-electron chi connectivity index (χ0n) is 10.4. The highest BCUT2D eigenvalue weighted by atomic mass is 19.3. The van der Waals surface area contributed by atoms with E-state index in [0.717, 1.165) is 6.20 Å². The fraction of sp³-hybridized carbons (Fsp3) is 0.500. The summed E-state index contributed by atoms with van der Waals surface area (Å²) >= 11 is 0. The fourth-order valence-electron chi connectivity index (χ4n) is 1.15. The first-order chi connectivity index (χ1) is 8.24. The predicted octanol–water partition coefficient (Wildman–Crippen LogP) is 2.76. The van der Waals surface area contributed by atoms with Crippen LogP contribution in [0.5, 0.6) is 5.88 Å². The highest BCUT2D eigenvalue weighted by molar-refractivity contribution is 5.87. The van der Waals surface area contributed by atoms with Crippen molar-refractivity contribution in [3.63, 3.8) is 0 Å². The molecular weight excluding hydrogens is 244 g/mol. The second kappa shape index (κ2) is 5.29. The molecule has 1 aromatic rings. The third-order valence-corrected chi connectivity index (χ3v) is 2.45. The Morgan fingerprint density at radius 2 is 2.17 bits per heavy atom. The second-order valence-electron chi connectivity index (χ2n) is 4.73. The van der Waals surface area contributed by atoms with Gasteiger partial charge in [-0.05, 0) is 13.0 Å². The van der Waals surface area contributed by atoms with Crippen LogP contribution >= 0.6 is 0 Å². The number of nitrogens with zero attached hydrogens (tertiary/aromatic N) is 1. The Morgan fingerprint density at radius 3 is 2.61 bits per heavy atom. The molecular formula is C12H15F2NO3. The van der Waals surface area contributed by atoms with Crippen molar-refractivity contribution in [3.8, 4) is 5.88 Å². The van der Waals surface area contributed by atoms with Crippen molar-refractivity contribution in [2.75, 3.05) is 6.61 Å². The number of halogens is 2. The first-order valence-electron chi connectivity index (χ1n) is 5.35. The Bertz CT molecular complexity index is 447. The van der Waals surface area contributed by atoms with Crippen molar-refractivity contribution in [3.05, 3.63) is 23.4 Å². The number of aromatic nitrogens is 1. The van der Waals surface area contributed by atoms with Crippen LogP contribution in [0.3, 0.4) is 0 Å². The minimum atomic E-state index is -2.50. The van der Waals surface area contributed by atoms with E-state index >= 15 is 0 Å². The molecule has 1 aromatic heterocycles. The highest BCUT2D eigenvalue weighted by Crippen LogP contribution is 2.26. The van der Waals surface area contributed by atoms with Gasteiger partial charge in [0.05, 0.1) is 11.0 Å². The fourth-order valence-corrected chi connectivity index (χ4v) is 1.15. The molecule has 0 aliphatic carbocycles. The molecule has 0 unspecified atom stereocenters. The number of hydrogen-bond donors (Lipinski definition) is 1. The Labute approximate surface area is 104 Å². The van der Waals surface area contributed by atoms with E-state index in [9.17, 15) is 13.6 Å². The maximum atomic E-state index is 12.6. The van der Waals surface area contributed by atoms with Crippen molar-refractivity contribution in [1.82, 2.24) is 4.98 Å². The Balaban J connectivity index is 2.78. The van der Waals surface area contributed by atoms with E-state index < -0.39 is 17.8 Å². The summed E-state index contributed by atoms with van der Waals surface area (Å²) in [7, 11) is 0. The number of rotatable bonds is 5. The van der Waals surface area contributed by atoms with Gasteiger partial charge in [0, 0.05) is 11.8 Å². The van der Waals surface area contributed by atoms with E-state index in [2.05, 4.69) is 4.98 Å². The van der Waals surface area contributed by atoms with Gasteiger partial charge in [0.25, 0.3) is 0 Å². The molecule has 0 aliphatic rings. The first kappa shape index (κ1) is 14.3. The van der Waals surface area contributed by atoms with E-state index in [0.29, 0.717) is 5.56 Å². The largest absolute Gasteiger partial charge is 0.478 e. The lowest BCUT2D eigenvalue weighted by molar-refractivity contribution is -0.0116. The molecule has 0 bridgehead atoms. The van der Waals surface area contributed by atoms with E-state index in [1.54, 1.807) is 6.92 Å². The normalized spacial score (nSPS) is 11.7. The molecule has 1 N–H and O–H groups in total.